The highest BCUT2D eigenvalue weighted by Crippen LogP contribution is 2.18. The fourth-order valence-corrected chi connectivity index (χ4v) is 2.84. The van der Waals surface area contributed by atoms with Crippen molar-refractivity contribution in [3.05, 3.63) is 46.5 Å². The fourth-order valence-electron chi connectivity index (χ4n) is 2.84. The van der Waals surface area contributed by atoms with Gasteiger partial charge in [-0.15, -0.1) is 0 Å². The van der Waals surface area contributed by atoms with Crippen molar-refractivity contribution in [2.24, 2.45) is 5.73 Å². The number of fused-ring (bicyclic) bond motifs is 1. The van der Waals surface area contributed by atoms with Gasteiger partial charge >= 0.3 is 0 Å². The van der Waals surface area contributed by atoms with Crippen molar-refractivity contribution in [2.75, 3.05) is 13.1 Å². The van der Waals surface area contributed by atoms with Gasteiger partial charge in [-0.1, -0.05) is 6.07 Å². The molecular weight excluding hydrogens is 268 g/mol. The van der Waals surface area contributed by atoms with E-state index in [9.17, 15) is 9.59 Å². The molecule has 2 aromatic rings. The molecule has 1 amide bonds. The third-order valence-electron chi connectivity index (χ3n) is 4.00. The predicted molar refractivity (Wildman–Crippen MR) is 79.2 cm³/mol. The van der Waals surface area contributed by atoms with E-state index in [1.54, 1.807) is 29.3 Å². The second-order valence-electron chi connectivity index (χ2n) is 5.29. The molecular formula is C15H18N4O2. The Bertz CT molecular complexity index is 725. The molecule has 0 aliphatic carbocycles. The molecule has 0 saturated carbocycles. The molecule has 1 aliphatic rings. The van der Waals surface area contributed by atoms with E-state index in [1.165, 1.54) is 10.6 Å². The highest BCUT2D eigenvalue weighted by atomic mass is 16.2. The average Bonchev–Trinajstić information content (AvgIpc) is 2.55. The number of piperidine rings is 1. The number of aromatic nitrogens is 2. The highest BCUT2D eigenvalue weighted by molar-refractivity contribution is 5.94. The van der Waals surface area contributed by atoms with E-state index in [0.717, 1.165) is 19.3 Å². The van der Waals surface area contributed by atoms with E-state index in [0.29, 0.717) is 18.7 Å². The maximum atomic E-state index is 12.7. The first kappa shape index (κ1) is 13.8. The van der Waals surface area contributed by atoms with Gasteiger partial charge in [-0.25, -0.2) is 4.98 Å². The van der Waals surface area contributed by atoms with Crippen molar-refractivity contribution in [1.29, 1.82) is 0 Å². The van der Waals surface area contributed by atoms with E-state index < -0.39 is 0 Å². The summed E-state index contributed by atoms with van der Waals surface area (Å²) in [6, 6.07) is 5.30. The summed E-state index contributed by atoms with van der Waals surface area (Å²) in [7, 11) is 0. The predicted octanol–water partition coefficient (Wildman–Crippen LogP) is 0.648. The van der Waals surface area contributed by atoms with E-state index in [1.807, 2.05) is 0 Å². The summed E-state index contributed by atoms with van der Waals surface area (Å²) in [6.45, 7) is 1.08. The van der Waals surface area contributed by atoms with E-state index in [-0.39, 0.29) is 23.1 Å². The zero-order chi connectivity index (χ0) is 14.8. The zero-order valence-corrected chi connectivity index (χ0v) is 11.7. The maximum absolute atomic E-state index is 12.7. The van der Waals surface area contributed by atoms with Crippen LogP contribution in [0.25, 0.3) is 5.65 Å². The van der Waals surface area contributed by atoms with Crippen LogP contribution in [0.2, 0.25) is 0 Å². The first-order chi connectivity index (χ1) is 10.2. The van der Waals surface area contributed by atoms with Crippen molar-refractivity contribution in [3.63, 3.8) is 0 Å². The molecule has 110 valence electrons. The smallest absolute Gasteiger partial charge is 0.270 e. The second kappa shape index (κ2) is 5.65. The van der Waals surface area contributed by atoms with Gasteiger partial charge in [0.05, 0.1) is 0 Å². The monoisotopic (exact) mass is 286 g/mol. The number of rotatable bonds is 2. The summed E-state index contributed by atoms with van der Waals surface area (Å²) >= 11 is 0. The van der Waals surface area contributed by atoms with Crippen LogP contribution in [-0.2, 0) is 0 Å². The van der Waals surface area contributed by atoms with Gasteiger partial charge in [-0.3, -0.25) is 14.0 Å². The lowest BCUT2D eigenvalue weighted by molar-refractivity contribution is 0.0621. The third-order valence-corrected chi connectivity index (χ3v) is 4.00. The number of carbonyl (C=O) groups is 1. The lowest BCUT2D eigenvalue weighted by Crippen LogP contribution is -2.48. The Hall–Kier alpha value is -2.21. The van der Waals surface area contributed by atoms with Crippen molar-refractivity contribution in [1.82, 2.24) is 14.3 Å². The maximum Gasteiger partial charge on any atom is 0.270 e. The van der Waals surface area contributed by atoms with Gasteiger partial charge in [0.2, 0.25) is 0 Å². The first-order valence-electron chi connectivity index (χ1n) is 7.20. The van der Waals surface area contributed by atoms with Crippen LogP contribution >= 0.6 is 0 Å². The summed E-state index contributed by atoms with van der Waals surface area (Å²) in [5.74, 6) is -0.263. The number of hydrogen-bond acceptors (Lipinski definition) is 4. The van der Waals surface area contributed by atoms with Gasteiger partial charge in [0, 0.05) is 31.5 Å². The van der Waals surface area contributed by atoms with E-state index in [2.05, 4.69) is 4.98 Å². The highest BCUT2D eigenvalue weighted by Gasteiger charge is 2.28. The molecule has 1 fully saturated rings. The molecule has 2 aromatic heterocycles. The topological polar surface area (TPSA) is 80.7 Å². The number of nitrogens with two attached hydrogens (primary N) is 1. The quantitative estimate of drug-likeness (QED) is 0.879. The van der Waals surface area contributed by atoms with Crippen LogP contribution < -0.4 is 11.3 Å². The second-order valence-corrected chi connectivity index (χ2v) is 5.29. The minimum atomic E-state index is -0.327. The molecule has 1 atom stereocenters. The summed E-state index contributed by atoms with van der Waals surface area (Å²) < 4.78 is 1.40. The first-order valence-corrected chi connectivity index (χ1v) is 7.20. The number of hydrogen-bond donors (Lipinski definition) is 1. The van der Waals surface area contributed by atoms with Gasteiger partial charge < -0.3 is 10.6 Å². The molecule has 3 rings (SSSR count). The van der Waals surface area contributed by atoms with Crippen LogP contribution in [0.3, 0.4) is 0 Å². The van der Waals surface area contributed by atoms with E-state index in [4.69, 9.17) is 5.73 Å². The molecule has 1 unspecified atom stereocenters. The minimum Gasteiger partial charge on any atom is -0.334 e. The van der Waals surface area contributed by atoms with Crippen LogP contribution in [0, 0.1) is 0 Å². The Balaban J connectivity index is 2.01. The van der Waals surface area contributed by atoms with Crippen LogP contribution in [0.15, 0.2) is 35.4 Å². The number of likely N-dealkylation sites (tertiary alicyclic amines) is 1. The number of carbonyl (C=O) groups excluding carboxylic acids is 1. The van der Waals surface area contributed by atoms with Gasteiger partial charge in [0.15, 0.2) is 0 Å². The molecule has 6 nitrogen and oxygen atoms in total. The number of pyridine rings is 1. The van der Waals surface area contributed by atoms with Gasteiger partial charge in [0.25, 0.3) is 11.5 Å². The standard InChI is InChI=1S/C15H18N4O2/c16-9-11-5-1-3-7-18(11)14(20)12-10-17-13-6-2-4-8-19(13)15(12)21/h2,4,6,8,10-11H,1,3,5,7,9,16H2. The van der Waals surface area contributed by atoms with Gasteiger partial charge in [0.1, 0.15) is 11.2 Å². The molecule has 1 saturated heterocycles. The van der Waals surface area contributed by atoms with Crippen molar-refractivity contribution in [2.45, 2.75) is 25.3 Å². The summed E-state index contributed by atoms with van der Waals surface area (Å²) in [6.07, 6.45) is 5.91. The van der Waals surface area contributed by atoms with Crippen LogP contribution in [0.1, 0.15) is 29.6 Å². The molecule has 3 heterocycles. The van der Waals surface area contributed by atoms with Crippen LogP contribution in [0.5, 0.6) is 0 Å². The fraction of sp³-hybridized carbons (Fsp3) is 0.400. The molecule has 21 heavy (non-hydrogen) atoms. The molecule has 2 N–H and O–H groups in total. The van der Waals surface area contributed by atoms with Crippen molar-refractivity contribution < 1.29 is 4.79 Å². The van der Waals surface area contributed by atoms with Gasteiger partial charge in [-0.05, 0) is 31.4 Å². The normalized spacial score (nSPS) is 18.9. The Morgan fingerprint density at radius 1 is 1.38 bits per heavy atom. The molecule has 0 radical (unpaired) electrons. The van der Waals surface area contributed by atoms with Crippen LogP contribution in [0.4, 0.5) is 0 Å². The summed E-state index contributed by atoms with van der Waals surface area (Å²) in [4.78, 5) is 31.0. The molecule has 0 aromatic carbocycles. The third kappa shape index (κ3) is 2.42. The SMILES string of the molecule is NCC1CCCCN1C(=O)c1cnc2ccccn2c1=O. The zero-order valence-electron chi connectivity index (χ0n) is 11.7. The lowest BCUT2D eigenvalue weighted by atomic mass is 10.0. The lowest BCUT2D eigenvalue weighted by Gasteiger charge is -2.34. The van der Waals surface area contributed by atoms with Gasteiger partial charge in [-0.2, -0.15) is 0 Å². The summed E-state index contributed by atoms with van der Waals surface area (Å²) in [5, 5.41) is 0. The Morgan fingerprint density at radius 3 is 3.05 bits per heavy atom. The van der Waals surface area contributed by atoms with Crippen molar-refractivity contribution in [3.8, 4) is 0 Å². The molecule has 6 heteroatoms. The Labute approximate surface area is 122 Å². The van der Waals surface area contributed by atoms with Crippen LogP contribution in [-0.4, -0.2) is 39.3 Å². The average molecular weight is 286 g/mol. The molecule has 0 bridgehead atoms. The number of nitrogens with zero attached hydrogens (tertiary/aromatic N) is 3. The molecule has 1 aliphatic heterocycles. The summed E-state index contributed by atoms with van der Waals surface area (Å²) in [5.41, 5.74) is 6.06. The van der Waals surface area contributed by atoms with E-state index >= 15 is 0 Å². The Morgan fingerprint density at radius 2 is 2.24 bits per heavy atom. The largest absolute Gasteiger partial charge is 0.334 e. The van der Waals surface area contributed by atoms with Crippen molar-refractivity contribution >= 4 is 11.6 Å². The molecule has 0 spiro atoms. The number of amides is 1. The minimum absolute atomic E-state index is 0.0159. The Kier molecular flexibility index (Phi) is 3.70.